The van der Waals surface area contributed by atoms with Crippen molar-refractivity contribution >= 4 is 17.6 Å². The average Bonchev–Trinajstić information content (AvgIpc) is 3.02. The minimum Gasteiger partial charge on any atom is -0.481 e. The lowest BCUT2D eigenvalue weighted by Crippen LogP contribution is -2.36. The van der Waals surface area contributed by atoms with Crippen molar-refractivity contribution in [3.63, 3.8) is 0 Å². The first-order valence-corrected chi connectivity index (χ1v) is 7.26. The lowest BCUT2D eigenvalue weighted by atomic mass is 9.82. The van der Waals surface area contributed by atoms with Crippen LogP contribution in [0, 0.1) is 37.5 Å². The van der Waals surface area contributed by atoms with E-state index in [1.165, 1.54) is 0 Å². The molecular weight excluding hydrogens is 266 g/mol. The number of carboxylic acids is 1. The van der Waals surface area contributed by atoms with E-state index in [0.29, 0.717) is 0 Å². The second-order valence-electron chi connectivity index (χ2n) is 6.15. The molecule has 1 fully saturated rings. The Hall–Kier alpha value is -2.10. The normalized spacial score (nSPS) is 29.6. The number of amides is 1. The molecule has 1 aromatic rings. The van der Waals surface area contributed by atoms with Crippen LogP contribution in [0.25, 0.3) is 0 Å². The van der Waals surface area contributed by atoms with E-state index < -0.39 is 17.8 Å². The lowest BCUT2D eigenvalue weighted by Gasteiger charge is -2.24. The van der Waals surface area contributed by atoms with Gasteiger partial charge in [-0.2, -0.15) is 0 Å². The SMILES string of the molecule is Cc1ccc(NC(=O)[C@H]2[C@@H](C(=O)O)[C@H]3C=C[C@@H]2C3)c(C)c1. The summed E-state index contributed by atoms with van der Waals surface area (Å²) in [6.07, 6.45) is 4.72. The number of allylic oxidation sites excluding steroid dienone is 2. The van der Waals surface area contributed by atoms with E-state index in [1.54, 1.807) is 0 Å². The van der Waals surface area contributed by atoms with Crippen molar-refractivity contribution in [3.8, 4) is 0 Å². The maximum absolute atomic E-state index is 12.5. The number of nitrogens with one attached hydrogen (secondary N) is 1. The molecule has 0 radical (unpaired) electrons. The number of anilines is 1. The molecule has 4 atom stereocenters. The number of aryl methyl sites for hydroxylation is 2. The zero-order valence-electron chi connectivity index (χ0n) is 12.2. The molecule has 0 unspecified atom stereocenters. The summed E-state index contributed by atoms with van der Waals surface area (Å²) in [5, 5.41) is 12.3. The number of benzene rings is 1. The van der Waals surface area contributed by atoms with Crippen molar-refractivity contribution < 1.29 is 14.7 Å². The fourth-order valence-electron chi connectivity index (χ4n) is 3.69. The van der Waals surface area contributed by atoms with Gasteiger partial charge >= 0.3 is 5.97 Å². The summed E-state index contributed by atoms with van der Waals surface area (Å²) in [5.74, 6) is -2.04. The molecule has 4 heteroatoms. The molecule has 2 aliphatic carbocycles. The van der Waals surface area contributed by atoms with Gasteiger partial charge in [0.1, 0.15) is 0 Å². The van der Waals surface area contributed by atoms with Crippen LogP contribution in [0.3, 0.4) is 0 Å². The van der Waals surface area contributed by atoms with Crippen molar-refractivity contribution in [1.82, 2.24) is 0 Å². The van der Waals surface area contributed by atoms with E-state index in [0.717, 1.165) is 23.2 Å². The minimum atomic E-state index is -0.868. The molecule has 0 heterocycles. The minimum absolute atomic E-state index is 0.00219. The zero-order valence-corrected chi connectivity index (χ0v) is 12.2. The summed E-state index contributed by atoms with van der Waals surface area (Å²) in [6.45, 7) is 3.94. The first-order valence-electron chi connectivity index (χ1n) is 7.26. The zero-order chi connectivity index (χ0) is 15.1. The summed E-state index contributed by atoms with van der Waals surface area (Å²) in [5.41, 5.74) is 2.90. The van der Waals surface area contributed by atoms with Crippen molar-refractivity contribution in [3.05, 3.63) is 41.5 Å². The highest BCUT2D eigenvalue weighted by molar-refractivity contribution is 5.96. The average molecular weight is 285 g/mol. The third-order valence-corrected chi connectivity index (χ3v) is 4.69. The summed E-state index contributed by atoms with van der Waals surface area (Å²) >= 11 is 0. The van der Waals surface area contributed by atoms with Gasteiger partial charge in [-0.25, -0.2) is 0 Å². The first kappa shape index (κ1) is 13.9. The van der Waals surface area contributed by atoms with Gasteiger partial charge in [0.05, 0.1) is 11.8 Å². The predicted octanol–water partition coefficient (Wildman–Crippen LogP) is 2.76. The molecule has 0 spiro atoms. The van der Waals surface area contributed by atoms with Crippen molar-refractivity contribution in [2.75, 3.05) is 5.32 Å². The Labute approximate surface area is 123 Å². The van der Waals surface area contributed by atoms with E-state index in [-0.39, 0.29) is 17.7 Å². The van der Waals surface area contributed by atoms with Crippen molar-refractivity contribution in [2.24, 2.45) is 23.7 Å². The largest absolute Gasteiger partial charge is 0.481 e. The van der Waals surface area contributed by atoms with Gasteiger partial charge < -0.3 is 10.4 Å². The number of hydrogen-bond acceptors (Lipinski definition) is 2. The third kappa shape index (κ3) is 2.35. The van der Waals surface area contributed by atoms with Crippen LogP contribution in [0.1, 0.15) is 17.5 Å². The Balaban J connectivity index is 1.82. The number of rotatable bonds is 3. The molecule has 0 aromatic heterocycles. The van der Waals surface area contributed by atoms with Crippen LogP contribution >= 0.6 is 0 Å². The van der Waals surface area contributed by atoms with Gasteiger partial charge in [0.25, 0.3) is 0 Å². The van der Waals surface area contributed by atoms with Crippen LogP contribution in [0.5, 0.6) is 0 Å². The second-order valence-corrected chi connectivity index (χ2v) is 6.15. The molecule has 2 aliphatic rings. The Bertz CT molecular complexity index is 635. The van der Waals surface area contributed by atoms with Crippen molar-refractivity contribution in [2.45, 2.75) is 20.3 Å². The molecule has 3 rings (SSSR count). The summed E-state index contributed by atoms with van der Waals surface area (Å²) in [4.78, 5) is 24.0. The predicted molar refractivity (Wildman–Crippen MR) is 79.9 cm³/mol. The molecule has 21 heavy (non-hydrogen) atoms. The maximum atomic E-state index is 12.5. The van der Waals surface area contributed by atoms with Gasteiger partial charge in [0.15, 0.2) is 0 Å². The number of carbonyl (C=O) groups excluding carboxylic acids is 1. The van der Waals surface area contributed by atoms with Crippen LogP contribution in [0.2, 0.25) is 0 Å². The molecule has 2 N–H and O–H groups in total. The fraction of sp³-hybridized carbons (Fsp3) is 0.412. The number of carboxylic acid groups (broad SMARTS) is 1. The molecule has 110 valence electrons. The van der Waals surface area contributed by atoms with Gasteiger partial charge in [-0.3, -0.25) is 9.59 Å². The first-order chi connectivity index (χ1) is 9.97. The maximum Gasteiger partial charge on any atom is 0.307 e. The van der Waals surface area contributed by atoms with Gasteiger partial charge in [-0.15, -0.1) is 0 Å². The molecule has 2 bridgehead atoms. The molecule has 4 nitrogen and oxygen atoms in total. The van der Waals surface area contributed by atoms with E-state index in [2.05, 4.69) is 5.32 Å². The topological polar surface area (TPSA) is 66.4 Å². The van der Waals surface area contributed by atoms with E-state index >= 15 is 0 Å². The van der Waals surface area contributed by atoms with Gasteiger partial charge in [0, 0.05) is 5.69 Å². The smallest absolute Gasteiger partial charge is 0.307 e. The number of aliphatic carboxylic acids is 1. The Kier molecular flexibility index (Phi) is 3.32. The highest BCUT2D eigenvalue weighted by Crippen LogP contribution is 2.48. The molecule has 1 aromatic carbocycles. The monoisotopic (exact) mass is 285 g/mol. The van der Waals surface area contributed by atoms with Gasteiger partial charge in [-0.05, 0) is 43.7 Å². The Morgan fingerprint density at radius 1 is 1.14 bits per heavy atom. The van der Waals surface area contributed by atoms with Crippen LogP contribution in [0.15, 0.2) is 30.4 Å². The van der Waals surface area contributed by atoms with Crippen LogP contribution in [-0.2, 0) is 9.59 Å². The van der Waals surface area contributed by atoms with E-state index in [1.807, 2.05) is 44.2 Å². The Morgan fingerprint density at radius 2 is 1.81 bits per heavy atom. The molecule has 1 saturated carbocycles. The molecular formula is C17H19NO3. The quantitative estimate of drug-likeness (QED) is 0.839. The fourth-order valence-corrected chi connectivity index (χ4v) is 3.69. The van der Waals surface area contributed by atoms with Crippen LogP contribution in [0.4, 0.5) is 5.69 Å². The number of hydrogen-bond donors (Lipinski definition) is 2. The van der Waals surface area contributed by atoms with Gasteiger partial charge in [-0.1, -0.05) is 29.8 Å². The highest BCUT2D eigenvalue weighted by atomic mass is 16.4. The summed E-state index contributed by atoms with van der Waals surface area (Å²) in [6, 6.07) is 5.82. The van der Waals surface area contributed by atoms with Gasteiger partial charge in [0.2, 0.25) is 5.91 Å². The molecule has 0 aliphatic heterocycles. The third-order valence-electron chi connectivity index (χ3n) is 4.69. The standard InChI is InChI=1S/C17H19NO3/c1-9-3-6-13(10(2)7-9)18-16(19)14-11-4-5-12(8-11)15(14)17(20)21/h3-7,11-12,14-15H,8H2,1-2H3,(H,18,19)(H,20,21)/t11-,12+,14-,15+/m1/s1. The second kappa shape index (κ2) is 5.02. The Morgan fingerprint density at radius 3 is 2.43 bits per heavy atom. The molecule has 0 saturated heterocycles. The summed E-state index contributed by atoms with van der Waals surface area (Å²) < 4.78 is 0. The highest BCUT2D eigenvalue weighted by Gasteiger charge is 2.51. The van der Waals surface area contributed by atoms with E-state index in [4.69, 9.17) is 0 Å². The van der Waals surface area contributed by atoms with E-state index in [9.17, 15) is 14.7 Å². The number of carbonyl (C=O) groups is 2. The van der Waals surface area contributed by atoms with Crippen LogP contribution < -0.4 is 5.32 Å². The van der Waals surface area contributed by atoms with Crippen molar-refractivity contribution in [1.29, 1.82) is 0 Å². The molecule has 1 amide bonds. The number of fused-ring (bicyclic) bond motifs is 2. The van der Waals surface area contributed by atoms with Crippen LogP contribution in [-0.4, -0.2) is 17.0 Å². The summed E-state index contributed by atoms with van der Waals surface area (Å²) in [7, 11) is 0. The lowest BCUT2D eigenvalue weighted by molar-refractivity contribution is -0.146.